The fourth-order valence-electron chi connectivity index (χ4n) is 14.8. The molecule has 121 heavy (non-hydrogen) atoms. The molecule has 1 aromatic heterocycles. The number of rotatable bonds is 21. The van der Waals surface area contributed by atoms with Crippen LogP contribution in [-0.4, -0.2) is 172 Å². The van der Waals surface area contributed by atoms with Gasteiger partial charge in [0.05, 0.1) is 43.7 Å². The Bertz CT molecular complexity index is 5250. The van der Waals surface area contributed by atoms with E-state index < -0.39 is 54.6 Å². The second-order valence-corrected chi connectivity index (χ2v) is 31.9. The van der Waals surface area contributed by atoms with Crippen LogP contribution in [0, 0.1) is 24.2 Å². The van der Waals surface area contributed by atoms with Crippen molar-refractivity contribution >= 4 is 108 Å². The van der Waals surface area contributed by atoms with E-state index >= 15 is 0 Å². The molecule has 9 aromatic rings. The van der Waals surface area contributed by atoms with Crippen molar-refractivity contribution in [2.75, 3.05) is 46.9 Å². The van der Waals surface area contributed by atoms with Crippen molar-refractivity contribution in [1.29, 1.82) is 0 Å². The first-order chi connectivity index (χ1) is 58.5. The van der Waals surface area contributed by atoms with Gasteiger partial charge in [0.1, 0.15) is 37.4 Å². The van der Waals surface area contributed by atoms with Crippen LogP contribution >= 0.6 is 31.9 Å². The summed E-state index contributed by atoms with van der Waals surface area (Å²) >= 11 is 6.67. The number of carbonyl (C=O) groups excluding carboxylic acids is 9. The van der Waals surface area contributed by atoms with Crippen molar-refractivity contribution in [3.05, 3.63) is 278 Å². The van der Waals surface area contributed by atoms with Crippen LogP contribution in [0.4, 0.5) is 19.2 Å². The van der Waals surface area contributed by atoms with Gasteiger partial charge in [-0.25, -0.2) is 24.2 Å². The molecule has 0 unspecified atom stereocenters. The highest BCUT2D eigenvalue weighted by molar-refractivity contribution is 9.10. The third kappa shape index (κ3) is 25.1. The van der Waals surface area contributed by atoms with E-state index in [0.29, 0.717) is 69.5 Å². The molecule has 0 aliphatic carbocycles. The Labute approximate surface area is 722 Å². The summed E-state index contributed by atoms with van der Waals surface area (Å²) in [5.74, 6) is 7.02. The monoisotopic (exact) mass is 1760 g/mol. The van der Waals surface area contributed by atoms with Gasteiger partial charge in [-0.15, -0.1) is 6.42 Å². The molecule has 8 aromatic carbocycles. The Kier molecular flexibility index (Phi) is 32.5. The number of Topliss-reactive ketones (excluding diaryl/α,β-unsaturated/α-hetero) is 2. The Balaban J connectivity index is 0.000000205. The molecule has 5 aliphatic rings. The van der Waals surface area contributed by atoms with Gasteiger partial charge in [-0.05, 0) is 202 Å². The normalized spacial score (nSPS) is 16.8. The minimum Gasteiger partial charge on any atom is -0.447 e. The Hall–Kier alpha value is -12.4. The lowest BCUT2D eigenvalue weighted by atomic mass is 9.99. The van der Waals surface area contributed by atoms with Gasteiger partial charge in [-0.2, -0.15) is 0 Å². The van der Waals surface area contributed by atoms with E-state index in [1.54, 1.807) is 44.7 Å². The van der Waals surface area contributed by atoms with Crippen molar-refractivity contribution in [3.63, 3.8) is 0 Å². The van der Waals surface area contributed by atoms with E-state index in [4.69, 9.17) is 35.2 Å². The maximum Gasteiger partial charge on any atom is 0.410 e. The van der Waals surface area contributed by atoms with Crippen molar-refractivity contribution in [3.8, 4) is 35.4 Å². The molecule has 14 rings (SSSR count). The average Bonchev–Trinajstić information content (AvgIpc) is 1.61. The number of likely N-dealkylation sites (tertiary alicyclic amines) is 4. The minimum absolute atomic E-state index is 0.0456. The van der Waals surface area contributed by atoms with E-state index in [9.17, 15) is 43.2 Å². The van der Waals surface area contributed by atoms with Crippen LogP contribution in [0.1, 0.15) is 136 Å². The second-order valence-electron chi connectivity index (χ2n) is 30.1. The topological polar surface area (TPSA) is 268 Å². The minimum atomic E-state index is -0.979. The highest BCUT2D eigenvalue weighted by Crippen LogP contribution is 2.34. The lowest BCUT2D eigenvalue weighted by Crippen LogP contribution is -2.48. The molecule has 6 atom stereocenters. The first kappa shape index (κ1) is 89.4. The largest absolute Gasteiger partial charge is 0.447 e. The van der Waals surface area contributed by atoms with Crippen molar-refractivity contribution in [2.45, 2.75) is 147 Å². The zero-order chi connectivity index (χ0) is 85.9. The first-order valence-electron chi connectivity index (χ1n) is 40.5. The van der Waals surface area contributed by atoms with Crippen LogP contribution in [0.25, 0.3) is 27.7 Å². The number of aromatic amines is 1. The highest BCUT2D eigenvalue weighted by atomic mass is 79.9. The number of benzene rings is 8. The predicted octanol–water partition coefficient (Wildman–Crippen LogP) is 16.9. The van der Waals surface area contributed by atoms with Crippen molar-refractivity contribution in [2.24, 2.45) is 4.99 Å². The molecule has 4 fully saturated rings. The van der Waals surface area contributed by atoms with Crippen LogP contribution in [0.2, 0.25) is 0 Å². The highest BCUT2D eigenvalue weighted by Gasteiger charge is 2.42. The smallest absolute Gasteiger partial charge is 0.410 e. The number of nitrogens with one attached hydrogen (secondary N) is 3. The number of terminal acetylenes is 1. The second kappa shape index (κ2) is 44.0. The fourth-order valence-corrected chi connectivity index (χ4v) is 15.3. The summed E-state index contributed by atoms with van der Waals surface area (Å²) in [6.07, 6.45) is 10.2. The summed E-state index contributed by atoms with van der Waals surface area (Å²) in [5.41, 5.74) is 11.5. The van der Waals surface area contributed by atoms with E-state index in [1.165, 1.54) is 24.0 Å². The Morgan fingerprint density at radius 3 is 1.54 bits per heavy atom. The van der Waals surface area contributed by atoms with E-state index in [1.807, 2.05) is 181 Å². The number of aliphatic imine (C=N–C) groups is 1. The van der Waals surface area contributed by atoms with Crippen LogP contribution in [0.3, 0.4) is 0 Å². The van der Waals surface area contributed by atoms with Crippen LogP contribution < -0.4 is 10.6 Å². The van der Waals surface area contributed by atoms with Gasteiger partial charge in [0.15, 0.2) is 5.78 Å². The SMILES string of the molecule is C#Cc1ccc(Br)cc1.CC(C)OC(=O)N[C@@H](C(=O)N1CCC[C@H]1C(=O)Cc1ccc2[nH]c(-c3ccc(C4=CC([C@@H]5CCCN5C(=O)[C@H](NC(=O)OC(C)C)c5ccccc5)=NC4)cc3)cc2c1)c1ccccc1.CON(C)C(=O)[C@@H]1CCCN1C(=O)OCc1ccccc1.O=C(C#Cc1ccc(Br)cc1)[C@@H]1CCCN1C(=O)OCc1ccccc1. The summed E-state index contributed by atoms with van der Waals surface area (Å²) in [7, 11) is 2.96. The van der Waals surface area contributed by atoms with Gasteiger partial charge < -0.3 is 44.4 Å². The number of hydrogen-bond acceptors (Lipinski definition) is 15. The molecule has 0 spiro atoms. The summed E-state index contributed by atoms with van der Waals surface area (Å²) < 4.78 is 23.3. The standard InChI is InChI=1S/C52H56N6O7.C21H18BrNO3.C15H20N2O4.C8H5Br/c1-32(2)64-51(62)55-47(37-13-7-5-8-14-37)49(60)57-25-11-17-44(57)43-30-40(31-53-43)35-20-22-36(23-21-35)42-29-39-27-34(19-24-41(39)54-42)28-46(59)45-18-12-26-58(45)50(61)48(38-15-9-6-10-16-38)56-52(63)65-33(3)4;22-18-11-8-16(9-12-18)10-13-20(24)19-7-4-14-23(19)21(25)26-15-17-5-2-1-3-6-17;1-16(20-2)14(18)13-9-6-10-17(13)15(19)21-11-12-7-4-3-5-8-12;1-2-7-3-5-8(9)6-4-7/h5-10,13-16,19-24,27,29-30,32-33,44-45,47-48,54H,11-12,17-18,25-26,28,31H2,1-4H3,(H,55,62)(H,56,63);1-3,5-6,8-9,11-12,19H,4,7,14-15H2;3-5,7-8,13H,6,9-11H2,1-2H3;1,3-6H/t44-,45-,47+,48+;19-;13-;/m000./s1. The molecule has 7 amide bonds. The number of nitrogens with zero attached hydrogens (tertiary/aromatic N) is 6. The zero-order valence-electron chi connectivity index (χ0n) is 68.5. The maximum atomic E-state index is 14.1. The zero-order valence-corrected chi connectivity index (χ0v) is 71.7. The van der Waals surface area contributed by atoms with E-state index in [0.717, 1.165) is 107 Å². The molecule has 0 bridgehead atoms. The Morgan fingerprint density at radius 2 is 1.01 bits per heavy atom. The van der Waals surface area contributed by atoms with Gasteiger partial charge in [0.2, 0.25) is 11.7 Å². The van der Waals surface area contributed by atoms with E-state index in [2.05, 4.69) is 102 Å². The number of amides is 7. The molecule has 6 heterocycles. The average molecular weight is 1760 g/mol. The lowest BCUT2D eigenvalue weighted by molar-refractivity contribution is -0.173. The molecule has 25 heteroatoms. The molecule has 626 valence electrons. The van der Waals surface area contributed by atoms with Crippen LogP contribution in [-0.2, 0) is 67.4 Å². The molecule has 3 N–H and O–H groups in total. The van der Waals surface area contributed by atoms with Crippen LogP contribution in [0.5, 0.6) is 0 Å². The third-order valence-corrected chi connectivity index (χ3v) is 21.9. The number of ketones is 2. The molecular weight excluding hydrogens is 1660 g/mol. The number of alkyl carbamates (subject to hydrolysis) is 2. The number of hydrogen-bond donors (Lipinski definition) is 3. The van der Waals surface area contributed by atoms with Crippen LogP contribution in [0.15, 0.2) is 238 Å². The van der Waals surface area contributed by atoms with E-state index in [-0.39, 0.29) is 67.2 Å². The summed E-state index contributed by atoms with van der Waals surface area (Å²) in [4.78, 5) is 136. The van der Waals surface area contributed by atoms with Gasteiger partial charge in [-0.1, -0.05) is 195 Å². The molecule has 5 aliphatic heterocycles. The van der Waals surface area contributed by atoms with Gasteiger partial charge in [-0.3, -0.25) is 43.6 Å². The van der Waals surface area contributed by atoms with Gasteiger partial charge in [0, 0.05) is 76.3 Å². The summed E-state index contributed by atoms with van der Waals surface area (Å²) in [6, 6.07) is 64.9. The predicted molar refractivity (Wildman–Crippen MR) is 471 cm³/mol. The Morgan fingerprint density at radius 1 is 0.537 bits per heavy atom. The molecular formula is C96H99Br2N9O14. The summed E-state index contributed by atoms with van der Waals surface area (Å²) in [5, 5.41) is 7.66. The quantitative estimate of drug-likeness (QED) is 0.0343. The van der Waals surface area contributed by atoms with Gasteiger partial charge in [0.25, 0.3) is 11.8 Å². The number of H-pyrrole nitrogens is 1. The molecule has 0 saturated carbocycles. The number of likely N-dealkylation sites (N-methyl/N-ethyl adjacent to an activating group) is 1. The fraction of sp³-hybridized carbons (Fsp3) is 0.312. The first-order valence-corrected chi connectivity index (χ1v) is 42.0. The number of halogens is 2. The summed E-state index contributed by atoms with van der Waals surface area (Å²) in [6.45, 7) is 9.98. The number of fused-ring (bicyclic) bond motifs is 1. The number of hydroxylamine groups is 2. The maximum absolute atomic E-state index is 14.1. The van der Waals surface area contributed by atoms with Crippen molar-refractivity contribution in [1.82, 2.24) is 40.3 Å². The number of ether oxygens (including phenoxy) is 4. The molecule has 23 nitrogen and oxygen atoms in total. The third-order valence-electron chi connectivity index (χ3n) is 20.9. The van der Waals surface area contributed by atoms with Gasteiger partial charge >= 0.3 is 24.4 Å². The lowest BCUT2D eigenvalue weighted by Gasteiger charge is -2.29. The van der Waals surface area contributed by atoms with Crippen molar-refractivity contribution < 1.29 is 66.9 Å². The number of aromatic nitrogens is 1. The molecule has 0 radical (unpaired) electrons. The molecule has 4 saturated heterocycles. The number of carbonyl (C=O) groups is 9.